The molecule has 0 aromatic heterocycles. The van der Waals surface area contributed by atoms with Gasteiger partial charge in [-0.2, -0.15) is 0 Å². The van der Waals surface area contributed by atoms with Crippen molar-refractivity contribution in [3.63, 3.8) is 0 Å². The number of hydrogen-bond donors (Lipinski definition) is 2. The van der Waals surface area contributed by atoms with Gasteiger partial charge in [-0.05, 0) is 30.9 Å². The summed E-state index contributed by atoms with van der Waals surface area (Å²) in [6.07, 6.45) is 2.69. The predicted octanol–water partition coefficient (Wildman–Crippen LogP) is 2.50. The summed E-state index contributed by atoms with van der Waals surface area (Å²) in [5.74, 6) is 2.53. The van der Waals surface area contributed by atoms with Gasteiger partial charge in [-0.25, -0.2) is 0 Å². The molecular weight excluding hydrogens is 402 g/mol. The van der Waals surface area contributed by atoms with Gasteiger partial charge in [0.25, 0.3) is 5.91 Å². The van der Waals surface area contributed by atoms with Crippen LogP contribution in [-0.4, -0.2) is 67.2 Å². The number of carbonyl (C=O) groups is 2. The number of methoxy groups -OCH3 is 2. The Balaban J connectivity index is 1.56. The van der Waals surface area contributed by atoms with E-state index in [4.69, 9.17) is 9.47 Å². The van der Waals surface area contributed by atoms with E-state index in [1.165, 1.54) is 0 Å². The van der Waals surface area contributed by atoms with Gasteiger partial charge >= 0.3 is 0 Å². The number of hydrogen-bond acceptors (Lipinski definition) is 6. The molecule has 2 saturated heterocycles. The maximum absolute atomic E-state index is 13.0. The first-order valence-electron chi connectivity index (χ1n) is 10.6. The minimum Gasteiger partial charge on any atom is -0.497 e. The van der Waals surface area contributed by atoms with Gasteiger partial charge in [-0.3, -0.25) is 14.9 Å². The van der Waals surface area contributed by atoms with Gasteiger partial charge in [0.05, 0.1) is 25.1 Å². The van der Waals surface area contributed by atoms with Crippen LogP contribution in [0.2, 0.25) is 0 Å². The third kappa shape index (κ3) is 5.21. The molecule has 2 heterocycles. The van der Waals surface area contributed by atoms with Crippen LogP contribution in [0, 0.1) is 5.92 Å². The van der Waals surface area contributed by atoms with Crippen LogP contribution >= 0.6 is 11.8 Å². The second-order valence-corrected chi connectivity index (χ2v) is 9.56. The number of rotatable bonds is 7. The van der Waals surface area contributed by atoms with Gasteiger partial charge in [0.1, 0.15) is 11.5 Å². The lowest BCUT2D eigenvalue weighted by Gasteiger charge is -2.39. The molecule has 1 aromatic carbocycles. The second kappa shape index (κ2) is 9.92. The fourth-order valence-corrected chi connectivity index (χ4v) is 5.22. The van der Waals surface area contributed by atoms with Crippen LogP contribution in [0.5, 0.6) is 11.5 Å². The van der Waals surface area contributed by atoms with E-state index in [0.717, 1.165) is 31.6 Å². The van der Waals surface area contributed by atoms with Crippen LogP contribution in [0.3, 0.4) is 0 Å². The molecule has 30 heavy (non-hydrogen) atoms. The smallest absolute Gasteiger partial charge is 0.254 e. The Morgan fingerprint density at radius 1 is 1.23 bits per heavy atom. The fraction of sp³-hybridized carbons (Fsp3) is 0.636. The Kier molecular flexibility index (Phi) is 7.52. The van der Waals surface area contributed by atoms with Crippen LogP contribution in [0.25, 0.3) is 0 Å². The van der Waals surface area contributed by atoms with Crippen molar-refractivity contribution in [2.45, 2.75) is 44.0 Å². The number of benzene rings is 1. The Hall–Kier alpha value is -1.93. The SMILES string of the molecule is CCC(C)CNC(=O)C1CSC2(CCN(C(=O)c3cc(OC)cc(OC)c3)CC2)N1. The highest BCUT2D eigenvalue weighted by Gasteiger charge is 2.44. The molecular formula is C22H33N3O4S. The zero-order valence-corrected chi connectivity index (χ0v) is 19.1. The maximum atomic E-state index is 13.0. The van der Waals surface area contributed by atoms with Crippen LogP contribution < -0.4 is 20.1 Å². The van der Waals surface area contributed by atoms with E-state index in [1.807, 2.05) is 16.7 Å². The van der Waals surface area contributed by atoms with Crippen molar-refractivity contribution in [3.05, 3.63) is 23.8 Å². The minimum absolute atomic E-state index is 0.0205. The summed E-state index contributed by atoms with van der Waals surface area (Å²) in [5, 5.41) is 6.62. The Bertz CT molecular complexity index is 742. The first-order chi connectivity index (χ1) is 14.4. The molecule has 2 unspecified atom stereocenters. The molecule has 2 N–H and O–H groups in total. The van der Waals surface area contributed by atoms with Crippen molar-refractivity contribution in [1.82, 2.24) is 15.5 Å². The Morgan fingerprint density at radius 2 is 1.87 bits per heavy atom. The highest BCUT2D eigenvalue weighted by atomic mass is 32.2. The van der Waals surface area contributed by atoms with Gasteiger partial charge in [0.15, 0.2) is 0 Å². The quantitative estimate of drug-likeness (QED) is 0.685. The number of nitrogens with one attached hydrogen (secondary N) is 2. The molecule has 8 heteroatoms. The number of likely N-dealkylation sites (tertiary alicyclic amines) is 1. The Labute approximate surface area is 183 Å². The van der Waals surface area contributed by atoms with Crippen molar-refractivity contribution in [2.75, 3.05) is 39.6 Å². The lowest BCUT2D eigenvalue weighted by Crippen LogP contribution is -2.54. The molecule has 2 fully saturated rings. The van der Waals surface area contributed by atoms with Gasteiger partial charge < -0.3 is 19.7 Å². The molecule has 0 bridgehead atoms. The predicted molar refractivity (Wildman–Crippen MR) is 119 cm³/mol. The molecule has 2 aliphatic rings. The lowest BCUT2D eigenvalue weighted by molar-refractivity contribution is -0.122. The van der Waals surface area contributed by atoms with E-state index in [1.54, 1.807) is 32.4 Å². The normalized spacial score (nSPS) is 21.3. The molecule has 1 spiro atoms. The number of thioether (sulfide) groups is 1. The van der Waals surface area contributed by atoms with E-state index < -0.39 is 0 Å². The first kappa shape index (κ1) is 22.7. The molecule has 0 aliphatic carbocycles. The van der Waals surface area contributed by atoms with Crippen molar-refractivity contribution >= 4 is 23.6 Å². The molecule has 7 nitrogen and oxygen atoms in total. The van der Waals surface area contributed by atoms with Crippen LogP contribution in [-0.2, 0) is 4.79 Å². The summed E-state index contributed by atoms with van der Waals surface area (Å²) >= 11 is 1.81. The highest BCUT2D eigenvalue weighted by molar-refractivity contribution is 8.01. The number of nitrogens with zero attached hydrogens (tertiary/aromatic N) is 1. The van der Waals surface area contributed by atoms with E-state index in [2.05, 4.69) is 24.5 Å². The molecule has 0 radical (unpaired) electrons. The molecule has 2 atom stereocenters. The van der Waals surface area contributed by atoms with E-state index in [-0.39, 0.29) is 22.7 Å². The van der Waals surface area contributed by atoms with Crippen molar-refractivity contribution in [3.8, 4) is 11.5 Å². The maximum Gasteiger partial charge on any atom is 0.254 e. The van der Waals surface area contributed by atoms with Crippen LogP contribution in [0.15, 0.2) is 18.2 Å². The lowest BCUT2D eigenvalue weighted by atomic mass is 10.0. The molecule has 1 aromatic rings. The van der Waals surface area contributed by atoms with Crippen molar-refractivity contribution in [1.29, 1.82) is 0 Å². The van der Waals surface area contributed by atoms with Crippen LogP contribution in [0.4, 0.5) is 0 Å². The van der Waals surface area contributed by atoms with Crippen molar-refractivity contribution < 1.29 is 19.1 Å². The summed E-state index contributed by atoms with van der Waals surface area (Å²) in [4.78, 5) is 27.3. The summed E-state index contributed by atoms with van der Waals surface area (Å²) in [6.45, 7) is 6.30. The average molecular weight is 436 g/mol. The third-order valence-electron chi connectivity index (χ3n) is 6.06. The molecule has 2 aliphatic heterocycles. The monoisotopic (exact) mass is 435 g/mol. The van der Waals surface area contributed by atoms with Crippen LogP contribution in [0.1, 0.15) is 43.5 Å². The van der Waals surface area contributed by atoms with Gasteiger partial charge in [0, 0.05) is 37.0 Å². The van der Waals surface area contributed by atoms with Gasteiger partial charge in [-0.1, -0.05) is 20.3 Å². The highest BCUT2D eigenvalue weighted by Crippen LogP contribution is 2.39. The first-order valence-corrected chi connectivity index (χ1v) is 11.6. The summed E-state index contributed by atoms with van der Waals surface area (Å²) in [7, 11) is 3.15. The van der Waals surface area contributed by atoms with Gasteiger partial charge in [-0.15, -0.1) is 11.8 Å². The summed E-state index contributed by atoms with van der Waals surface area (Å²) < 4.78 is 10.6. The van der Waals surface area contributed by atoms with Gasteiger partial charge in [0.2, 0.25) is 5.91 Å². The third-order valence-corrected chi connectivity index (χ3v) is 7.64. The zero-order chi connectivity index (χ0) is 21.7. The summed E-state index contributed by atoms with van der Waals surface area (Å²) in [5.41, 5.74) is 0.566. The number of carbonyl (C=O) groups excluding carboxylic acids is 2. The standard InChI is InChI=1S/C22H33N3O4S/c1-5-15(2)13-23-20(26)19-14-30-22(24-19)6-8-25(9-7-22)21(27)16-10-17(28-3)12-18(11-16)29-4/h10-12,15,19,24H,5-9,13-14H2,1-4H3,(H,23,26). The molecule has 2 amide bonds. The Morgan fingerprint density at radius 3 is 2.43 bits per heavy atom. The largest absolute Gasteiger partial charge is 0.497 e. The number of ether oxygens (including phenoxy) is 2. The van der Waals surface area contributed by atoms with E-state index >= 15 is 0 Å². The van der Waals surface area contributed by atoms with Crippen molar-refractivity contribution in [2.24, 2.45) is 5.92 Å². The molecule has 0 saturated carbocycles. The molecule has 166 valence electrons. The molecule has 3 rings (SSSR count). The second-order valence-electron chi connectivity index (χ2n) is 8.15. The van der Waals surface area contributed by atoms with E-state index in [9.17, 15) is 9.59 Å². The number of piperidine rings is 1. The van der Waals surface area contributed by atoms with E-state index in [0.29, 0.717) is 36.1 Å². The summed E-state index contributed by atoms with van der Waals surface area (Å²) in [6, 6.07) is 5.09. The average Bonchev–Trinajstić information content (AvgIpc) is 3.20. The minimum atomic E-state index is -0.163. The number of amides is 2. The zero-order valence-electron chi connectivity index (χ0n) is 18.3. The fourth-order valence-electron chi connectivity index (χ4n) is 3.80. The topological polar surface area (TPSA) is 79.9 Å².